The van der Waals surface area contributed by atoms with Crippen molar-refractivity contribution in [1.29, 1.82) is 0 Å². The standard InChI is InChI=1S/C20H22N6O2/c1-28-18-9-5-8-17(14-18)24-10-12-25(13-11-24)20(27)19(26-15-21-22-23-26)16-6-3-2-4-7-16/h2-9,14-15,19H,10-13H2,1H3/t19-/m0/s1. The molecule has 0 spiro atoms. The maximum atomic E-state index is 13.3. The van der Waals surface area contributed by atoms with Crippen LogP contribution in [0.15, 0.2) is 60.9 Å². The van der Waals surface area contributed by atoms with Crippen molar-refractivity contribution in [1.82, 2.24) is 25.1 Å². The van der Waals surface area contributed by atoms with Gasteiger partial charge in [0.05, 0.1) is 7.11 Å². The van der Waals surface area contributed by atoms with Crippen molar-refractivity contribution in [2.24, 2.45) is 0 Å². The van der Waals surface area contributed by atoms with Crippen LogP contribution in [-0.4, -0.2) is 64.3 Å². The topological polar surface area (TPSA) is 76.4 Å². The van der Waals surface area contributed by atoms with Crippen LogP contribution in [0.4, 0.5) is 5.69 Å². The highest BCUT2D eigenvalue weighted by atomic mass is 16.5. The van der Waals surface area contributed by atoms with E-state index in [0.29, 0.717) is 13.1 Å². The first kappa shape index (κ1) is 18.0. The third kappa shape index (κ3) is 3.66. The molecule has 3 aromatic rings. The molecule has 0 unspecified atom stereocenters. The number of ether oxygens (including phenoxy) is 1. The molecule has 1 atom stereocenters. The van der Waals surface area contributed by atoms with Crippen molar-refractivity contribution in [3.8, 4) is 5.75 Å². The number of aromatic nitrogens is 4. The van der Waals surface area contributed by atoms with Crippen LogP contribution in [0.1, 0.15) is 11.6 Å². The molecule has 0 saturated carbocycles. The number of tetrazole rings is 1. The zero-order chi connectivity index (χ0) is 19.3. The molecule has 0 aliphatic carbocycles. The number of benzene rings is 2. The summed E-state index contributed by atoms with van der Waals surface area (Å²) in [4.78, 5) is 17.5. The minimum atomic E-state index is -0.556. The molecule has 0 radical (unpaired) electrons. The number of nitrogens with zero attached hydrogens (tertiary/aromatic N) is 6. The maximum absolute atomic E-state index is 13.3. The average Bonchev–Trinajstić information content (AvgIpc) is 3.29. The predicted molar refractivity (Wildman–Crippen MR) is 104 cm³/mol. The lowest BCUT2D eigenvalue weighted by Gasteiger charge is -2.37. The molecule has 1 aromatic heterocycles. The third-order valence-corrected chi connectivity index (χ3v) is 4.99. The van der Waals surface area contributed by atoms with Crippen LogP contribution < -0.4 is 9.64 Å². The van der Waals surface area contributed by atoms with Crippen LogP contribution in [0.3, 0.4) is 0 Å². The molecular weight excluding hydrogens is 356 g/mol. The summed E-state index contributed by atoms with van der Waals surface area (Å²) in [6.45, 7) is 2.80. The molecule has 1 saturated heterocycles. The average molecular weight is 378 g/mol. The highest BCUT2D eigenvalue weighted by Crippen LogP contribution is 2.24. The molecule has 144 valence electrons. The number of rotatable bonds is 5. The Hall–Kier alpha value is -3.42. The van der Waals surface area contributed by atoms with Crippen LogP contribution in [0.5, 0.6) is 5.75 Å². The number of amides is 1. The highest BCUT2D eigenvalue weighted by Gasteiger charge is 2.30. The monoisotopic (exact) mass is 378 g/mol. The molecule has 1 aliphatic rings. The fourth-order valence-electron chi connectivity index (χ4n) is 3.50. The number of carbonyl (C=O) groups excluding carboxylic acids is 1. The summed E-state index contributed by atoms with van der Waals surface area (Å²) in [6.07, 6.45) is 1.49. The fraction of sp³-hybridized carbons (Fsp3) is 0.300. The zero-order valence-corrected chi connectivity index (χ0v) is 15.7. The van der Waals surface area contributed by atoms with Gasteiger partial charge in [-0.15, -0.1) is 5.10 Å². The number of hydrogen-bond acceptors (Lipinski definition) is 6. The Morgan fingerprint density at radius 2 is 1.82 bits per heavy atom. The number of anilines is 1. The van der Waals surface area contributed by atoms with E-state index in [1.807, 2.05) is 53.4 Å². The number of methoxy groups -OCH3 is 1. The molecule has 0 N–H and O–H groups in total. The Bertz CT molecular complexity index is 907. The van der Waals surface area contributed by atoms with Crippen LogP contribution in [0.2, 0.25) is 0 Å². The maximum Gasteiger partial charge on any atom is 0.252 e. The zero-order valence-electron chi connectivity index (χ0n) is 15.7. The Balaban J connectivity index is 1.49. The van der Waals surface area contributed by atoms with E-state index in [9.17, 15) is 4.79 Å². The SMILES string of the molecule is COc1cccc(N2CCN(C(=O)[C@H](c3ccccc3)n3cnnn3)CC2)c1. The van der Waals surface area contributed by atoms with E-state index < -0.39 is 6.04 Å². The van der Waals surface area contributed by atoms with Crippen molar-refractivity contribution >= 4 is 11.6 Å². The second-order valence-electron chi connectivity index (χ2n) is 6.62. The first-order valence-corrected chi connectivity index (χ1v) is 9.21. The van der Waals surface area contributed by atoms with E-state index >= 15 is 0 Å². The van der Waals surface area contributed by atoms with Gasteiger partial charge in [-0.05, 0) is 28.1 Å². The Morgan fingerprint density at radius 3 is 2.50 bits per heavy atom. The summed E-state index contributed by atoms with van der Waals surface area (Å²) in [6, 6.07) is 17.1. The summed E-state index contributed by atoms with van der Waals surface area (Å²) in [5.41, 5.74) is 1.97. The Labute approximate surface area is 163 Å². The molecule has 28 heavy (non-hydrogen) atoms. The first-order chi connectivity index (χ1) is 13.8. The molecule has 1 amide bonds. The van der Waals surface area contributed by atoms with Crippen molar-refractivity contribution in [2.75, 3.05) is 38.2 Å². The Kier molecular flexibility index (Phi) is 5.18. The van der Waals surface area contributed by atoms with Crippen molar-refractivity contribution in [3.63, 3.8) is 0 Å². The number of hydrogen-bond donors (Lipinski definition) is 0. The lowest BCUT2D eigenvalue weighted by molar-refractivity contribution is -0.134. The highest BCUT2D eigenvalue weighted by molar-refractivity contribution is 5.83. The molecule has 4 rings (SSSR count). The summed E-state index contributed by atoms with van der Waals surface area (Å²) in [7, 11) is 1.67. The summed E-state index contributed by atoms with van der Waals surface area (Å²) < 4.78 is 6.83. The summed E-state index contributed by atoms with van der Waals surface area (Å²) in [5, 5.41) is 11.4. The molecule has 1 fully saturated rings. The molecule has 2 aromatic carbocycles. The minimum absolute atomic E-state index is 0.00351. The van der Waals surface area contributed by atoms with Crippen LogP contribution >= 0.6 is 0 Å². The van der Waals surface area contributed by atoms with Crippen molar-refractivity contribution < 1.29 is 9.53 Å². The van der Waals surface area contributed by atoms with E-state index in [1.165, 1.54) is 11.0 Å². The largest absolute Gasteiger partial charge is 0.497 e. The second-order valence-corrected chi connectivity index (χ2v) is 6.62. The van der Waals surface area contributed by atoms with E-state index in [1.54, 1.807) is 7.11 Å². The lowest BCUT2D eigenvalue weighted by atomic mass is 10.1. The first-order valence-electron chi connectivity index (χ1n) is 9.21. The van der Waals surface area contributed by atoms with Gasteiger partial charge in [-0.1, -0.05) is 36.4 Å². The van der Waals surface area contributed by atoms with Crippen molar-refractivity contribution in [2.45, 2.75) is 6.04 Å². The number of carbonyl (C=O) groups is 1. The van der Waals surface area contributed by atoms with Gasteiger partial charge in [-0.25, -0.2) is 4.68 Å². The summed E-state index contributed by atoms with van der Waals surface area (Å²) in [5.74, 6) is 0.836. The van der Waals surface area contributed by atoms with Gasteiger partial charge in [-0.3, -0.25) is 4.79 Å². The smallest absolute Gasteiger partial charge is 0.252 e. The van der Waals surface area contributed by atoms with Crippen LogP contribution in [-0.2, 0) is 4.79 Å². The minimum Gasteiger partial charge on any atom is -0.497 e. The van der Waals surface area contributed by atoms with Crippen LogP contribution in [0, 0.1) is 0 Å². The molecule has 0 bridgehead atoms. The van der Waals surface area contributed by atoms with Gasteiger partial charge in [0.2, 0.25) is 0 Å². The normalized spacial score (nSPS) is 15.3. The van der Waals surface area contributed by atoms with Gasteiger partial charge in [-0.2, -0.15) is 0 Å². The van der Waals surface area contributed by atoms with Gasteiger partial charge in [0.1, 0.15) is 12.1 Å². The molecular formula is C20H22N6O2. The quantitative estimate of drug-likeness (QED) is 0.672. The Morgan fingerprint density at radius 1 is 1.04 bits per heavy atom. The van der Waals surface area contributed by atoms with Crippen LogP contribution in [0.25, 0.3) is 0 Å². The van der Waals surface area contributed by atoms with E-state index in [-0.39, 0.29) is 5.91 Å². The predicted octanol–water partition coefficient (Wildman–Crippen LogP) is 1.62. The summed E-state index contributed by atoms with van der Waals surface area (Å²) >= 11 is 0. The molecule has 8 heteroatoms. The third-order valence-electron chi connectivity index (χ3n) is 4.99. The molecule has 2 heterocycles. The lowest BCUT2D eigenvalue weighted by Crippen LogP contribution is -2.50. The molecule has 8 nitrogen and oxygen atoms in total. The molecule has 1 aliphatic heterocycles. The van der Waals surface area contributed by atoms with Gasteiger partial charge in [0.25, 0.3) is 5.91 Å². The van der Waals surface area contributed by atoms with Crippen molar-refractivity contribution in [3.05, 3.63) is 66.5 Å². The number of piperazine rings is 1. The van der Waals surface area contributed by atoms with Gasteiger partial charge in [0.15, 0.2) is 6.04 Å². The van der Waals surface area contributed by atoms with Gasteiger partial charge < -0.3 is 14.5 Å². The fourth-order valence-corrected chi connectivity index (χ4v) is 3.50. The van der Waals surface area contributed by atoms with E-state index in [0.717, 1.165) is 30.1 Å². The van der Waals surface area contributed by atoms with Gasteiger partial charge in [0, 0.05) is 37.9 Å². The van der Waals surface area contributed by atoms with Gasteiger partial charge >= 0.3 is 0 Å². The second kappa shape index (κ2) is 8.08. The van der Waals surface area contributed by atoms with E-state index in [2.05, 4.69) is 26.5 Å². The van der Waals surface area contributed by atoms with E-state index in [4.69, 9.17) is 4.74 Å².